The first-order valence-corrected chi connectivity index (χ1v) is 8.82. The van der Waals surface area contributed by atoms with E-state index in [1.807, 2.05) is 25.1 Å². The van der Waals surface area contributed by atoms with E-state index in [4.69, 9.17) is 11.6 Å². The SMILES string of the molecule is Cc1cccc(Cl)c1NC(=O)CCN1CCC[C@H]2CCC[C@@H]21. The quantitative estimate of drug-likeness (QED) is 0.900. The van der Waals surface area contributed by atoms with Gasteiger partial charge in [0.15, 0.2) is 0 Å². The van der Waals surface area contributed by atoms with Crippen LogP contribution in [0.5, 0.6) is 0 Å². The van der Waals surface area contributed by atoms with Crippen LogP contribution in [0.25, 0.3) is 0 Å². The summed E-state index contributed by atoms with van der Waals surface area (Å²) in [6, 6.07) is 6.41. The minimum absolute atomic E-state index is 0.0660. The third kappa shape index (κ3) is 3.47. The summed E-state index contributed by atoms with van der Waals surface area (Å²) >= 11 is 6.17. The van der Waals surface area contributed by atoms with Crippen LogP contribution in [0, 0.1) is 12.8 Å². The number of carbonyl (C=O) groups is 1. The van der Waals surface area contributed by atoms with Gasteiger partial charge in [-0.15, -0.1) is 0 Å². The second-order valence-corrected chi connectivity index (χ2v) is 7.07. The Kier molecular flexibility index (Phi) is 5.04. The van der Waals surface area contributed by atoms with Crippen LogP contribution in [0.3, 0.4) is 0 Å². The van der Waals surface area contributed by atoms with Crippen LogP contribution >= 0.6 is 11.6 Å². The molecule has 1 aliphatic carbocycles. The van der Waals surface area contributed by atoms with Crippen molar-refractivity contribution in [1.82, 2.24) is 4.90 Å². The van der Waals surface area contributed by atoms with Gasteiger partial charge in [0.1, 0.15) is 0 Å². The molecule has 1 N–H and O–H groups in total. The van der Waals surface area contributed by atoms with Crippen LogP contribution in [-0.2, 0) is 4.79 Å². The minimum Gasteiger partial charge on any atom is -0.325 e. The molecule has 2 atom stereocenters. The number of fused-ring (bicyclic) bond motifs is 1. The number of carbonyl (C=O) groups excluding carboxylic acids is 1. The molecule has 1 aromatic rings. The van der Waals surface area contributed by atoms with Crippen molar-refractivity contribution in [2.75, 3.05) is 18.4 Å². The molecule has 2 aliphatic rings. The first-order valence-electron chi connectivity index (χ1n) is 8.44. The number of hydrogen-bond donors (Lipinski definition) is 1. The molecule has 1 saturated carbocycles. The van der Waals surface area contributed by atoms with Gasteiger partial charge in [-0.1, -0.05) is 30.2 Å². The maximum Gasteiger partial charge on any atom is 0.225 e. The molecule has 22 heavy (non-hydrogen) atoms. The number of halogens is 1. The Balaban J connectivity index is 1.54. The molecule has 1 aromatic carbocycles. The van der Waals surface area contributed by atoms with Gasteiger partial charge in [-0.2, -0.15) is 0 Å². The predicted octanol–water partition coefficient (Wildman–Crippen LogP) is 4.24. The Morgan fingerprint density at radius 3 is 2.95 bits per heavy atom. The van der Waals surface area contributed by atoms with E-state index >= 15 is 0 Å². The van der Waals surface area contributed by atoms with Gasteiger partial charge >= 0.3 is 0 Å². The third-order valence-corrected chi connectivity index (χ3v) is 5.54. The van der Waals surface area contributed by atoms with Gasteiger partial charge in [-0.05, 0) is 56.7 Å². The smallest absolute Gasteiger partial charge is 0.225 e. The van der Waals surface area contributed by atoms with Crippen LogP contribution in [0.2, 0.25) is 5.02 Å². The molecule has 3 nitrogen and oxygen atoms in total. The molecule has 1 amide bonds. The highest BCUT2D eigenvalue weighted by atomic mass is 35.5. The van der Waals surface area contributed by atoms with Crippen molar-refractivity contribution in [1.29, 1.82) is 0 Å². The Morgan fingerprint density at radius 2 is 2.14 bits per heavy atom. The highest BCUT2D eigenvalue weighted by molar-refractivity contribution is 6.33. The molecule has 4 heteroatoms. The molecule has 0 unspecified atom stereocenters. The van der Waals surface area contributed by atoms with Gasteiger partial charge in [-0.25, -0.2) is 0 Å². The summed E-state index contributed by atoms with van der Waals surface area (Å²) in [7, 11) is 0. The van der Waals surface area contributed by atoms with Gasteiger partial charge in [-0.3, -0.25) is 9.69 Å². The zero-order chi connectivity index (χ0) is 15.5. The molecule has 0 radical (unpaired) electrons. The number of nitrogens with one attached hydrogen (secondary N) is 1. The lowest BCUT2D eigenvalue weighted by Crippen LogP contribution is -2.43. The zero-order valence-corrected chi connectivity index (χ0v) is 14.0. The first kappa shape index (κ1) is 15.8. The average molecular weight is 321 g/mol. The molecular weight excluding hydrogens is 296 g/mol. The maximum absolute atomic E-state index is 12.3. The summed E-state index contributed by atoms with van der Waals surface area (Å²) in [6.45, 7) is 3.99. The van der Waals surface area contributed by atoms with Gasteiger partial charge in [0.05, 0.1) is 10.7 Å². The summed E-state index contributed by atoms with van der Waals surface area (Å²) in [5, 5.41) is 3.59. The number of para-hydroxylation sites is 1. The lowest BCUT2D eigenvalue weighted by Gasteiger charge is -2.37. The summed E-state index contributed by atoms with van der Waals surface area (Å²) in [5.41, 5.74) is 1.77. The van der Waals surface area contributed by atoms with E-state index in [0.717, 1.165) is 36.3 Å². The molecule has 1 aliphatic heterocycles. The summed E-state index contributed by atoms with van der Waals surface area (Å²) in [5.74, 6) is 0.943. The lowest BCUT2D eigenvalue weighted by atomic mass is 9.92. The number of nitrogens with zero attached hydrogens (tertiary/aromatic N) is 1. The van der Waals surface area contributed by atoms with Crippen LogP contribution in [0.15, 0.2) is 18.2 Å². The summed E-state index contributed by atoms with van der Waals surface area (Å²) in [4.78, 5) is 14.8. The fourth-order valence-electron chi connectivity index (χ4n) is 4.07. The lowest BCUT2D eigenvalue weighted by molar-refractivity contribution is -0.116. The van der Waals surface area contributed by atoms with Crippen molar-refractivity contribution in [3.63, 3.8) is 0 Å². The van der Waals surface area contributed by atoms with Gasteiger partial charge in [0, 0.05) is 19.0 Å². The van der Waals surface area contributed by atoms with Crippen LogP contribution in [-0.4, -0.2) is 29.9 Å². The topological polar surface area (TPSA) is 32.3 Å². The number of amides is 1. The Bertz CT molecular complexity index is 526. The molecule has 0 spiro atoms. The molecule has 0 aromatic heterocycles. The van der Waals surface area contributed by atoms with Crippen molar-refractivity contribution in [3.05, 3.63) is 28.8 Å². The van der Waals surface area contributed by atoms with E-state index < -0.39 is 0 Å². The molecule has 2 fully saturated rings. The van der Waals surface area contributed by atoms with Crippen molar-refractivity contribution in [2.24, 2.45) is 5.92 Å². The number of rotatable bonds is 4. The number of aryl methyl sites for hydroxylation is 1. The van der Waals surface area contributed by atoms with Crippen molar-refractivity contribution < 1.29 is 4.79 Å². The van der Waals surface area contributed by atoms with Crippen molar-refractivity contribution in [2.45, 2.75) is 51.5 Å². The van der Waals surface area contributed by atoms with Crippen LogP contribution in [0.4, 0.5) is 5.69 Å². The second kappa shape index (κ2) is 7.01. The van der Waals surface area contributed by atoms with E-state index in [9.17, 15) is 4.79 Å². The van der Waals surface area contributed by atoms with E-state index in [-0.39, 0.29) is 5.91 Å². The van der Waals surface area contributed by atoms with E-state index in [0.29, 0.717) is 11.4 Å². The standard InChI is InChI=1S/C18H25ClN2O/c1-13-5-2-8-15(19)18(13)20-17(22)10-12-21-11-4-7-14-6-3-9-16(14)21/h2,5,8,14,16H,3-4,6-7,9-12H2,1H3,(H,20,22)/t14-,16+/m1/s1. The van der Waals surface area contributed by atoms with Gasteiger partial charge < -0.3 is 5.32 Å². The molecule has 0 bridgehead atoms. The molecule has 3 rings (SSSR count). The molecule has 1 saturated heterocycles. The minimum atomic E-state index is 0.0660. The molecular formula is C18H25ClN2O. The second-order valence-electron chi connectivity index (χ2n) is 6.67. The number of benzene rings is 1. The fourth-order valence-corrected chi connectivity index (χ4v) is 4.34. The number of piperidine rings is 1. The Morgan fingerprint density at radius 1 is 1.32 bits per heavy atom. The van der Waals surface area contributed by atoms with Crippen molar-refractivity contribution in [3.8, 4) is 0 Å². The number of hydrogen-bond acceptors (Lipinski definition) is 2. The largest absolute Gasteiger partial charge is 0.325 e. The number of likely N-dealkylation sites (tertiary alicyclic amines) is 1. The van der Waals surface area contributed by atoms with Gasteiger partial charge in [0.25, 0.3) is 0 Å². The van der Waals surface area contributed by atoms with E-state index in [1.165, 1.54) is 32.1 Å². The molecule has 1 heterocycles. The maximum atomic E-state index is 12.3. The Hall–Kier alpha value is -1.06. The van der Waals surface area contributed by atoms with Gasteiger partial charge in [0.2, 0.25) is 5.91 Å². The first-order chi connectivity index (χ1) is 10.6. The summed E-state index contributed by atoms with van der Waals surface area (Å²) in [6.07, 6.45) is 7.27. The monoisotopic (exact) mass is 320 g/mol. The average Bonchev–Trinajstić information content (AvgIpc) is 2.98. The normalized spacial score (nSPS) is 25.0. The highest BCUT2D eigenvalue weighted by Gasteiger charge is 2.34. The Labute approximate surface area is 138 Å². The molecule has 120 valence electrons. The zero-order valence-electron chi connectivity index (χ0n) is 13.3. The van der Waals surface area contributed by atoms with Crippen LogP contribution in [0.1, 0.15) is 44.1 Å². The fraction of sp³-hybridized carbons (Fsp3) is 0.611. The predicted molar refractivity (Wildman–Crippen MR) is 91.4 cm³/mol. The van der Waals surface area contributed by atoms with Crippen molar-refractivity contribution >= 4 is 23.2 Å². The van der Waals surface area contributed by atoms with E-state index in [1.54, 1.807) is 0 Å². The highest BCUT2D eigenvalue weighted by Crippen LogP contribution is 2.36. The van der Waals surface area contributed by atoms with Crippen LogP contribution < -0.4 is 5.32 Å². The van der Waals surface area contributed by atoms with E-state index in [2.05, 4.69) is 10.2 Å². The summed E-state index contributed by atoms with van der Waals surface area (Å²) < 4.78 is 0. The number of anilines is 1. The third-order valence-electron chi connectivity index (χ3n) is 5.22.